The fourth-order valence-corrected chi connectivity index (χ4v) is 2.42. The number of anilines is 4. The maximum atomic E-state index is 12.5. The third-order valence-corrected chi connectivity index (χ3v) is 3.80. The van der Waals surface area contributed by atoms with E-state index in [9.17, 15) is 9.59 Å². The topological polar surface area (TPSA) is 110 Å². The number of rotatable bonds is 4. The number of para-hydroxylation sites is 3. The van der Waals surface area contributed by atoms with Gasteiger partial charge in [-0.15, -0.1) is 0 Å². The van der Waals surface area contributed by atoms with Crippen LogP contribution < -0.4 is 22.1 Å². The van der Waals surface area contributed by atoms with E-state index in [2.05, 4.69) is 10.6 Å². The number of carbonyl (C=O) groups is 2. The van der Waals surface area contributed by atoms with E-state index in [1.54, 1.807) is 72.8 Å². The molecule has 0 aliphatic rings. The van der Waals surface area contributed by atoms with Gasteiger partial charge in [-0.25, -0.2) is 0 Å². The molecular weight excluding hydrogens is 328 g/mol. The molecule has 0 spiro atoms. The van der Waals surface area contributed by atoms with E-state index < -0.39 is 0 Å². The molecule has 2 amide bonds. The van der Waals surface area contributed by atoms with E-state index in [1.165, 1.54) is 0 Å². The molecule has 0 atom stereocenters. The molecule has 0 aliphatic carbocycles. The first kappa shape index (κ1) is 17.0. The molecule has 0 unspecified atom stereocenters. The third kappa shape index (κ3) is 3.81. The van der Waals surface area contributed by atoms with Crippen molar-refractivity contribution >= 4 is 34.6 Å². The lowest BCUT2D eigenvalue weighted by atomic mass is 10.1. The van der Waals surface area contributed by atoms with E-state index in [0.717, 1.165) is 0 Å². The van der Waals surface area contributed by atoms with Crippen LogP contribution in [0.3, 0.4) is 0 Å². The van der Waals surface area contributed by atoms with Crippen LogP contribution in [0.4, 0.5) is 22.7 Å². The van der Waals surface area contributed by atoms with E-state index in [1.807, 2.05) is 0 Å². The molecule has 0 aliphatic heterocycles. The van der Waals surface area contributed by atoms with Crippen molar-refractivity contribution in [1.82, 2.24) is 0 Å². The van der Waals surface area contributed by atoms with Gasteiger partial charge in [0.15, 0.2) is 0 Å². The minimum atomic E-state index is -0.350. The van der Waals surface area contributed by atoms with Gasteiger partial charge >= 0.3 is 0 Å². The molecule has 3 aromatic carbocycles. The molecule has 0 saturated carbocycles. The highest BCUT2D eigenvalue weighted by molar-refractivity contribution is 6.11. The predicted molar refractivity (Wildman–Crippen MR) is 104 cm³/mol. The maximum Gasteiger partial charge on any atom is 0.257 e. The van der Waals surface area contributed by atoms with E-state index in [-0.39, 0.29) is 11.8 Å². The molecule has 0 aromatic heterocycles. The maximum absolute atomic E-state index is 12.5. The zero-order chi connectivity index (χ0) is 18.5. The summed E-state index contributed by atoms with van der Waals surface area (Å²) in [6.07, 6.45) is 0. The van der Waals surface area contributed by atoms with Crippen LogP contribution >= 0.6 is 0 Å². The standard InChI is InChI=1S/C20H18N4O2/c21-14-11-9-13(10-12-14)19(25)23-17-7-3-4-8-18(17)24-20(26)15-5-1-2-6-16(15)22/h1-12H,21-22H2,(H,23,25)(H,24,26). The van der Waals surface area contributed by atoms with Crippen LogP contribution in [0.25, 0.3) is 0 Å². The molecule has 3 aromatic rings. The molecule has 6 nitrogen and oxygen atoms in total. The SMILES string of the molecule is Nc1ccc(C(=O)Nc2ccccc2NC(=O)c2ccccc2N)cc1. The Hall–Kier alpha value is -3.80. The molecule has 0 heterocycles. The van der Waals surface area contributed by atoms with Gasteiger partial charge in [0.05, 0.1) is 16.9 Å². The molecule has 0 bridgehead atoms. The summed E-state index contributed by atoms with van der Waals surface area (Å²) in [6.45, 7) is 0. The van der Waals surface area contributed by atoms with Gasteiger partial charge in [0.2, 0.25) is 0 Å². The van der Waals surface area contributed by atoms with Gasteiger partial charge in [-0.2, -0.15) is 0 Å². The van der Waals surface area contributed by atoms with Gasteiger partial charge in [0.1, 0.15) is 0 Å². The van der Waals surface area contributed by atoms with Gasteiger partial charge < -0.3 is 22.1 Å². The van der Waals surface area contributed by atoms with Crippen molar-refractivity contribution in [1.29, 1.82) is 0 Å². The number of nitrogen functional groups attached to an aromatic ring is 2. The monoisotopic (exact) mass is 346 g/mol. The van der Waals surface area contributed by atoms with E-state index in [4.69, 9.17) is 11.5 Å². The number of hydrogen-bond acceptors (Lipinski definition) is 4. The number of amides is 2. The lowest BCUT2D eigenvalue weighted by molar-refractivity contribution is 0.101. The van der Waals surface area contributed by atoms with Gasteiger partial charge in [0.25, 0.3) is 11.8 Å². The Balaban J connectivity index is 1.80. The van der Waals surface area contributed by atoms with Crippen molar-refractivity contribution in [2.45, 2.75) is 0 Å². The Kier molecular flexibility index (Phi) is 4.85. The van der Waals surface area contributed by atoms with Crippen molar-refractivity contribution in [3.05, 3.63) is 83.9 Å². The normalized spacial score (nSPS) is 10.2. The summed E-state index contributed by atoms with van der Waals surface area (Å²) in [6, 6.07) is 20.3. The second-order valence-corrected chi connectivity index (χ2v) is 5.66. The lowest BCUT2D eigenvalue weighted by Crippen LogP contribution is -2.17. The molecule has 0 fully saturated rings. The number of nitrogens with two attached hydrogens (primary N) is 2. The van der Waals surface area contributed by atoms with Crippen molar-refractivity contribution in [2.24, 2.45) is 0 Å². The highest BCUT2D eigenvalue weighted by Crippen LogP contribution is 2.23. The Morgan fingerprint density at radius 3 is 1.81 bits per heavy atom. The molecule has 130 valence electrons. The third-order valence-electron chi connectivity index (χ3n) is 3.80. The number of benzene rings is 3. The Morgan fingerprint density at radius 2 is 1.19 bits per heavy atom. The van der Waals surface area contributed by atoms with Crippen LogP contribution in [0.5, 0.6) is 0 Å². The predicted octanol–water partition coefficient (Wildman–Crippen LogP) is 3.36. The highest BCUT2D eigenvalue weighted by Gasteiger charge is 2.13. The molecule has 6 N–H and O–H groups in total. The smallest absolute Gasteiger partial charge is 0.257 e. The summed E-state index contributed by atoms with van der Waals surface area (Å²) >= 11 is 0. The van der Waals surface area contributed by atoms with E-state index in [0.29, 0.717) is 33.9 Å². The second kappa shape index (κ2) is 7.40. The summed E-state index contributed by atoms with van der Waals surface area (Å²) in [5.74, 6) is -0.650. The molecule has 0 radical (unpaired) electrons. The van der Waals surface area contributed by atoms with Crippen LogP contribution in [0.2, 0.25) is 0 Å². The van der Waals surface area contributed by atoms with Crippen LogP contribution in [0, 0.1) is 0 Å². The van der Waals surface area contributed by atoms with Gasteiger partial charge in [0, 0.05) is 16.9 Å². The summed E-state index contributed by atoms with van der Waals surface area (Å²) in [4.78, 5) is 24.9. The zero-order valence-electron chi connectivity index (χ0n) is 13.9. The van der Waals surface area contributed by atoms with Crippen LogP contribution in [0.1, 0.15) is 20.7 Å². The van der Waals surface area contributed by atoms with Crippen molar-refractivity contribution < 1.29 is 9.59 Å². The highest BCUT2D eigenvalue weighted by atomic mass is 16.2. The fourth-order valence-electron chi connectivity index (χ4n) is 2.42. The average molecular weight is 346 g/mol. The zero-order valence-corrected chi connectivity index (χ0v) is 13.9. The summed E-state index contributed by atoms with van der Waals surface area (Å²) in [5, 5.41) is 5.57. The first-order valence-corrected chi connectivity index (χ1v) is 7.96. The molecule has 6 heteroatoms. The Morgan fingerprint density at radius 1 is 0.654 bits per heavy atom. The average Bonchev–Trinajstić information content (AvgIpc) is 2.64. The van der Waals surface area contributed by atoms with Gasteiger partial charge in [-0.1, -0.05) is 24.3 Å². The first-order valence-electron chi connectivity index (χ1n) is 7.96. The minimum absolute atomic E-state index is 0.300. The fraction of sp³-hybridized carbons (Fsp3) is 0. The summed E-state index contributed by atoms with van der Waals surface area (Å²) in [7, 11) is 0. The molecular formula is C20H18N4O2. The van der Waals surface area contributed by atoms with Crippen LogP contribution in [-0.4, -0.2) is 11.8 Å². The van der Waals surface area contributed by atoms with Crippen LogP contribution in [0.15, 0.2) is 72.8 Å². The Bertz CT molecular complexity index is 952. The molecule has 26 heavy (non-hydrogen) atoms. The van der Waals surface area contributed by atoms with Gasteiger partial charge in [-0.05, 0) is 48.5 Å². The summed E-state index contributed by atoms with van der Waals surface area (Å²) in [5.41, 5.74) is 14.2. The minimum Gasteiger partial charge on any atom is -0.399 e. The second-order valence-electron chi connectivity index (χ2n) is 5.66. The number of carbonyl (C=O) groups excluding carboxylic acids is 2. The molecule has 3 rings (SSSR count). The van der Waals surface area contributed by atoms with Crippen molar-refractivity contribution in [3.63, 3.8) is 0 Å². The van der Waals surface area contributed by atoms with Crippen molar-refractivity contribution in [3.8, 4) is 0 Å². The quantitative estimate of drug-likeness (QED) is 0.543. The van der Waals surface area contributed by atoms with Gasteiger partial charge in [-0.3, -0.25) is 9.59 Å². The summed E-state index contributed by atoms with van der Waals surface area (Å²) < 4.78 is 0. The molecule has 0 saturated heterocycles. The number of hydrogen-bond donors (Lipinski definition) is 4. The lowest BCUT2D eigenvalue weighted by Gasteiger charge is -2.13. The Labute approximate surface area is 150 Å². The van der Waals surface area contributed by atoms with Crippen LogP contribution in [-0.2, 0) is 0 Å². The largest absolute Gasteiger partial charge is 0.399 e. The van der Waals surface area contributed by atoms with Crippen molar-refractivity contribution in [2.75, 3.05) is 22.1 Å². The number of nitrogens with one attached hydrogen (secondary N) is 2. The van der Waals surface area contributed by atoms with E-state index >= 15 is 0 Å². The first-order chi connectivity index (χ1) is 12.5.